The first-order valence-electron chi connectivity index (χ1n) is 18.3. The molecule has 1 aromatic carbocycles. The van der Waals surface area contributed by atoms with Crippen molar-refractivity contribution >= 4 is 23.8 Å². The Balaban J connectivity index is 1.16. The van der Waals surface area contributed by atoms with Crippen molar-refractivity contribution in [1.82, 2.24) is 0 Å². The standard InChI is InChI=1S/C43H51NO8/c1-26-29-10-12-34-41(4,30(29)23-31(45)36(26)46)16-18-43(6)35-24-40(3,14-13-39(35,2)15-17-42(34,43)5)38(48)52-20-19-51-32-11-9-27(22-33(32)49-7)21-28(25-44)37(47)50-8/h9-12,21-23,35,46H,13-20,24H2,1-8H3/b28-21+/t35-,39-,40-,41+,42-,43+/m1/s1. The highest BCUT2D eigenvalue weighted by Gasteiger charge is 2.67. The lowest BCUT2D eigenvalue weighted by molar-refractivity contribution is -0.182. The van der Waals surface area contributed by atoms with Crippen LogP contribution < -0.4 is 9.47 Å². The van der Waals surface area contributed by atoms with Gasteiger partial charge in [-0.3, -0.25) is 9.59 Å². The molecule has 6 atom stereocenters. The number of esters is 2. The summed E-state index contributed by atoms with van der Waals surface area (Å²) >= 11 is 0. The minimum atomic E-state index is -0.725. The molecular formula is C43H51NO8. The van der Waals surface area contributed by atoms with Crippen LogP contribution in [0.1, 0.15) is 92.1 Å². The van der Waals surface area contributed by atoms with E-state index in [1.165, 1.54) is 25.9 Å². The molecule has 0 radical (unpaired) electrons. The molecule has 5 aliphatic rings. The lowest BCUT2D eigenvalue weighted by Crippen LogP contribution is -2.62. The van der Waals surface area contributed by atoms with Crippen molar-refractivity contribution in [3.63, 3.8) is 0 Å². The number of methoxy groups -OCH3 is 2. The van der Waals surface area contributed by atoms with Gasteiger partial charge >= 0.3 is 11.9 Å². The number of hydrogen-bond donors (Lipinski definition) is 1. The summed E-state index contributed by atoms with van der Waals surface area (Å²) in [6, 6.07) is 6.87. The highest BCUT2D eigenvalue weighted by molar-refractivity contribution is 6.06. The van der Waals surface area contributed by atoms with Crippen molar-refractivity contribution in [3.8, 4) is 17.6 Å². The highest BCUT2D eigenvalue weighted by atomic mass is 16.6. The molecule has 0 saturated heterocycles. The number of rotatable bonds is 8. The van der Waals surface area contributed by atoms with Crippen LogP contribution in [0.3, 0.4) is 0 Å². The molecule has 0 unspecified atom stereocenters. The van der Waals surface area contributed by atoms with Crippen LogP contribution in [0.25, 0.3) is 6.08 Å². The second-order valence-corrected chi connectivity index (χ2v) is 16.7. The lowest BCUT2D eigenvalue weighted by Gasteiger charge is -2.70. The molecule has 9 heteroatoms. The van der Waals surface area contributed by atoms with Gasteiger partial charge in [0.25, 0.3) is 0 Å². The zero-order chi connectivity index (χ0) is 37.9. The van der Waals surface area contributed by atoms with Crippen molar-refractivity contribution in [2.45, 2.75) is 86.5 Å². The maximum absolute atomic E-state index is 13.9. The van der Waals surface area contributed by atoms with E-state index < -0.39 is 11.4 Å². The second-order valence-electron chi connectivity index (χ2n) is 16.7. The molecule has 0 spiro atoms. The van der Waals surface area contributed by atoms with Crippen molar-refractivity contribution in [2.75, 3.05) is 27.4 Å². The van der Waals surface area contributed by atoms with Crippen LogP contribution in [0.4, 0.5) is 0 Å². The Morgan fingerprint density at radius 2 is 1.71 bits per heavy atom. The molecule has 0 aromatic heterocycles. The topological polar surface area (TPSA) is 132 Å². The number of nitriles is 1. The van der Waals surface area contributed by atoms with Gasteiger partial charge in [-0.2, -0.15) is 5.26 Å². The van der Waals surface area contributed by atoms with Crippen molar-refractivity contribution in [2.24, 2.45) is 33.0 Å². The van der Waals surface area contributed by atoms with E-state index in [2.05, 4.69) is 51.5 Å². The maximum atomic E-state index is 13.9. The quantitative estimate of drug-likeness (QED) is 0.122. The van der Waals surface area contributed by atoms with Crippen LogP contribution in [0, 0.1) is 44.3 Å². The molecule has 9 nitrogen and oxygen atoms in total. The Morgan fingerprint density at radius 1 is 0.981 bits per heavy atom. The van der Waals surface area contributed by atoms with Crippen molar-refractivity contribution < 1.29 is 38.4 Å². The van der Waals surface area contributed by atoms with Gasteiger partial charge in [0, 0.05) is 11.0 Å². The molecule has 0 aliphatic heterocycles. The minimum absolute atomic E-state index is 0.0726. The number of benzene rings is 1. The van der Waals surface area contributed by atoms with Crippen LogP contribution in [0.5, 0.6) is 11.5 Å². The number of aliphatic hydroxyl groups excluding tert-OH is 1. The van der Waals surface area contributed by atoms with Gasteiger partial charge in [-0.15, -0.1) is 0 Å². The molecule has 5 aliphatic carbocycles. The summed E-state index contributed by atoms with van der Waals surface area (Å²) < 4.78 is 22.0. The SMILES string of the molecule is COC(=O)/C(C#N)=C/c1ccc(OCCOC(=O)[C@]2(C)CC[C@]3(C)CC[C@]4(C)C5=CC=C6C(=CC(=O)C(O)=C6C)[C@]5(C)CC[C@@]4(C)[C@@H]3C2)c(OC)c1. The summed E-state index contributed by atoms with van der Waals surface area (Å²) in [6.45, 7) is 13.7. The zero-order valence-corrected chi connectivity index (χ0v) is 31.7. The Kier molecular flexibility index (Phi) is 9.39. The van der Waals surface area contributed by atoms with Crippen LogP contribution in [-0.2, 0) is 23.9 Å². The van der Waals surface area contributed by atoms with Crippen LogP contribution in [-0.4, -0.2) is 50.3 Å². The Morgan fingerprint density at radius 3 is 2.40 bits per heavy atom. The van der Waals surface area contributed by atoms with E-state index in [1.54, 1.807) is 24.3 Å². The average Bonchev–Trinajstić information content (AvgIpc) is 3.13. The number of carbonyl (C=O) groups is 3. The van der Waals surface area contributed by atoms with Gasteiger partial charge < -0.3 is 24.1 Å². The van der Waals surface area contributed by atoms with Gasteiger partial charge in [-0.05, 0) is 122 Å². The van der Waals surface area contributed by atoms with E-state index in [9.17, 15) is 24.8 Å². The van der Waals surface area contributed by atoms with Gasteiger partial charge in [0.2, 0.25) is 5.78 Å². The molecule has 0 amide bonds. The van der Waals surface area contributed by atoms with Gasteiger partial charge in [-0.1, -0.05) is 51.5 Å². The number of ketones is 1. The zero-order valence-electron chi connectivity index (χ0n) is 31.7. The number of allylic oxidation sites excluding steroid dienone is 7. The van der Waals surface area contributed by atoms with Gasteiger partial charge in [-0.25, -0.2) is 4.79 Å². The Bertz CT molecular complexity index is 1930. The van der Waals surface area contributed by atoms with Gasteiger partial charge in [0.05, 0.1) is 19.6 Å². The summed E-state index contributed by atoms with van der Waals surface area (Å²) in [5, 5.41) is 19.7. The summed E-state index contributed by atoms with van der Waals surface area (Å²) in [5.74, 6) is -0.252. The van der Waals surface area contributed by atoms with Crippen molar-refractivity contribution in [1.29, 1.82) is 5.26 Å². The first-order valence-corrected chi connectivity index (χ1v) is 18.3. The number of ether oxygens (including phenoxy) is 4. The van der Waals surface area contributed by atoms with Crippen LogP contribution in [0.15, 0.2) is 70.1 Å². The molecule has 6 rings (SSSR count). The third-order valence-corrected chi connectivity index (χ3v) is 14.0. The monoisotopic (exact) mass is 709 g/mol. The summed E-state index contributed by atoms with van der Waals surface area (Å²) in [7, 11) is 2.72. The summed E-state index contributed by atoms with van der Waals surface area (Å²) in [4.78, 5) is 38.5. The van der Waals surface area contributed by atoms with E-state index in [1.807, 2.05) is 13.0 Å². The smallest absolute Gasteiger partial charge is 0.348 e. The fraction of sp³-hybridized carbons (Fsp3) is 0.535. The molecule has 1 aromatic rings. The first kappa shape index (κ1) is 37.2. The molecule has 52 heavy (non-hydrogen) atoms. The molecule has 3 fully saturated rings. The third-order valence-electron chi connectivity index (χ3n) is 14.0. The number of fused-ring (bicyclic) bond motifs is 7. The maximum Gasteiger partial charge on any atom is 0.348 e. The molecule has 3 saturated carbocycles. The number of hydrogen-bond acceptors (Lipinski definition) is 9. The molecule has 1 N–H and O–H groups in total. The van der Waals surface area contributed by atoms with E-state index in [4.69, 9.17) is 14.2 Å². The van der Waals surface area contributed by atoms with Crippen LogP contribution in [0.2, 0.25) is 0 Å². The third kappa shape index (κ3) is 5.70. The van der Waals surface area contributed by atoms with E-state index in [0.717, 1.165) is 56.1 Å². The fourth-order valence-corrected chi connectivity index (χ4v) is 10.4. The number of nitrogens with zero attached hydrogens (tertiary/aromatic N) is 1. The van der Waals surface area contributed by atoms with E-state index >= 15 is 0 Å². The van der Waals surface area contributed by atoms with Gasteiger partial charge in [0.1, 0.15) is 24.9 Å². The summed E-state index contributed by atoms with van der Waals surface area (Å²) in [6.07, 6.45) is 13.9. The largest absolute Gasteiger partial charge is 0.504 e. The molecule has 0 heterocycles. The van der Waals surface area contributed by atoms with E-state index in [-0.39, 0.29) is 58.0 Å². The van der Waals surface area contributed by atoms with Gasteiger partial charge in [0.15, 0.2) is 17.3 Å². The van der Waals surface area contributed by atoms with E-state index in [0.29, 0.717) is 28.6 Å². The molecule has 276 valence electrons. The second kappa shape index (κ2) is 13.1. The van der Waals surface area contributed by atoms with Crippen LogP contribution >= 0.6 is 0 Å². The van der Waals surface area contributed by atoms with Crippen molar-refractivity contribution in [3.05, 3.63) is 75.6 Å². The Labute approximate surface area is 307 Å². The summed E-state index contributed by atoms with van der Waals surface area (Å²) in [5.41, 5.74) is 3.40. The number of carbonyl (C=O) groups excluding carboxylic acids is 3. The normalized spacial score (nSPS) is 33.8. The fourth-order valence-electron chi connectivity index (χ4n) is 10.4. The molecule has 0 bridgehead atoms. The average molecular weight is 710 g/mol. The minimum Gasteiger partial charge on any atom is -0.504 e. The molecular weight excluding hydrogens is 658 g/mol. The Hall–Kier alpha value is -4.58. The first-order chi connectivity index (χ1) is 24.5. The lowest BCUT2D eigenvalue weighted by atomic mass is 9.34. The number of aliphatic hydroxyl groups is 1. The highest BCUT2D eigenvalue weighted by Crippen LogP contribution is 2.75. The predicted octanol–water partition coefficient (Wildman–Crippen LogP) is 8.32. The predicted molar refractivity (Wildman–Crippen MR) is 196 cm³/mol.